The minimum Gasteiger partial charge on any atom is -0.622 e. The van der Waals surface area contributed by atoms with E-state index in [9.17, 15) is 19.6 Å². The number of rotatable bonds is 8. The van der Waals surface area contributed by atoms with Crippen LogP contribution in [-0.2, 0) is 20.7 Å². The molecule has 1 aromatic rings. The number of amides is 2. The molecule has 32 heavy (non-hydrogen) atoms. The highest BCUT2D eigenvalue weighted by Crippen LogP contribution is 2.41. The lowest BCUT2D eigenvalue weighted by atomic mass is 9.76. The number of ether oxygens (including phenoxy) is 1. The lowest BCUT2D eigenvalue weighted by Gasteiger charge is -2.41. The normalized spacial score (nSPS) is 22.9. The maximum absolute atomic E-state index is 12.7. The van der Waals surface area contributed by atoms with Gasteiger partial charge in [-0.25, -0.2) is 0 Å². The largest absolute Gasteiger partial charge is 0.622 e. The number of nitrogens with one attached hydrogen (secondary N) is 1. The van der Waals surface area contributed by atoms with Crippen molar-refractivity contribution >= 4 is 24.0 Å². The van der Waals surface area contributed by atoms with Crippen LogP contribution < -0.4 is 5.32 Å². The second kappa shape index (κ2) is 10.1. The van der Waals surface area contributed by atoms with Crippen LogP contribution in [-0.4, -0.2) is 59.5 Å². The summed E-state index contributed by atoms with van der Waals surface area (Å²) in [5.41, 5.74) is 0.736. The van der Waals surface area contributed by atoms with Gasteiger partial charge >= 0.3 is 11.9 Å². The molecule has 8 nitrogen and oxygen atoms in total. The standard InChI is InChI=1S/C24H33N3O5/c1-17(2)19-8-12-24(13-9-19)26(21(28)16-27(24)31)15-11-18-4-6-20(7-5-18)23(30)25-14-10-22(29)32-3/h4-7,16-17,19H,8-15H2,1-3H3,(H,25,30). The minimum absolute atomic E-state index is 0.123. The molecule has 1 N–H and O–H groups in total. The van der Waals surface area contributed by atoms with Crippen LogP contribution in [0.4, 0.5) is 0 Å². The van der Waals surface area contributed by atoms with Crippen LogP contribution in [0.1, 0.15) is 61.9 Å². The van der Waals surface area contributed by atoms with Gasteiger partial charge in [-0.2, -0.15) is 4.74 Å². The summed E-state index contributed by atoms with van der Waals surface area (Å²) >= 11 is 0. The molecule has 1 aliphatic heterocycles. The second-order valence-corrected chi connectivity index (χ2v) is 9.04. The first-order valence-electron chi connectivity index (χ1n) is 11.3. The second-order valence-electron chi connectivity index (χ2n) is 9.04. The van der Waals surface area contributed by atoms with Gasteiger partial charge in [-0.1, -0.05) is 26.0 Å². The van der Waals surface area contributed by atoms with Crippen LogP contribution in [0.3, 0.4) is 0 Å². The van der Waals surface area contributed by atoms with Crippen LogP contribution in [0.25, 0.3) is 0 Å². The Hall–Kier alpha value is -2.90. The summed E-state index contributed by atoms with van der Waals surface area (Å²) in [7, 11) is 1.31. The summed E-state index contributed by atoms with van der Waals surface area (Å²) in [4.78, 5) is 37.6. The van der Waals surface area contributed by atoms with Gasteiger partial charge in [0.05, 0.1) is 13.5 Å². The van der Waals surface area contributed by atoms with Gasteiger partial charge in [0.2, 0.25) is 6.21 Å². The van der Waals surface area contributed by atoms with Crippen molar-refractivity contribution in [3.63, 3.8) is 0 Å². The molecule has 1 spiro atoms. The summed E-state index contributed by atoms with van der Waals surface area (Å²) in [6.45, 7) is 5.10. The molecular formula is C24H33N3O5. The fourth-order valence-electron chi connectivity index (χ4n) is 4.74. The van der Waals surface area contributed by atoms with Gasteiger partial charge in [-0.05, 0) is 48.8 Å². The fourth-order valence-corrected chi connectivity index (χ4v) is 4.74. The number of benzene rings is 1. The zero-order valence-corrected chi connectivity index (χ0v) is 19.1. The average molecular weight is 444 g/mol. The molecule has 8 heteroatoms. The molecule has 0 saturated heterocycles. The highest BCUT2D eigenvalue weighted by atomic mass is 16.5. The average Bonchev–Trinajstić information content (AvgIpc) is 3.01. The summed E-state index contributed by atoms with van der Waals surface area (Å²) in [5.74, 6) is 0.328. The van der Waals surface area contributed by atoms with Crippen LogP contribution in [0.15, 0.2) is 24.3 Å². The molecule has 174 valence electrons. The molecule has 2 amide bonds. The Bertz CT molecular complexity index is 870. The number of hydrogen-bond acceptors (Lipinski definition) is 5. The van der Waals surface area contributed by atoms with E-state index in [0.717, 1.165) is 23.1 Å². The monoisotopic (exact) mass is 443 g/mol. The van der Waals surface area contributed by atoms with Gasteiger partial charge in [0, 0.05) is 31.5 Å². The number of methoxy groups -OCH3 is 1. The van der Waals surface area contributed by atoms with Crippen LogP contribution in [0, 0.1) is 17.0 Å². The molecular weight excluding hydrogens is 410 g/mol. The lowest BCUT2D eigenvalue weighted by Crippen LogP contribution is -2.54. The third-order valence-corrected chi connectivity index (χ3v) is 6.86. The Morgan fingerprint density at radius 2 is 1.91 bits per heavy atom. The summed E-state index contributed by atoms with van der Waals surface area (Å²) < 4.78 is 5.43. The molecule has 0 bridgehead atoms. The molecule has 0 unspecified atom stereocenters. The first-order valence-corrected chi connectivity index (χ1v) is 11.3. The van der Waals surface area contributed by atoms with E-state index >= 15 is 0 Å². The van der Waals surface area contributed by atoms with Crippen molar-refractivity contribution in [1.29, 1.82) is 0 Å². The van der Waals surface area contributed by atoms with Crippen molar-refractivity contribution in [2.45, 2.75) is 58.0 Å². The van der Waals surface area contributed by atoms with E-state index in [1.54, 1.807) is 17.0 Å². The van der Waals surface area contributed by atoms with Crippen molar-refractivity contribution < 1.29 is 23.9 Å². The van der Waals surface area contributed by atoms with Gasteiger partial charge in [-0.15, -0.1) is 0 Å². The molecule has 3 rings (SSSR count). The van der Waals surface area contributed by atoms with Crippen molar-refractivity contribution in [2.24, 2.45) is 11.8 Å². The van der Waals surface area contributed by atoms with Crippen molar-refractivity contribution in [1.82, 2.24) is 10.2 Å². The molecule has 1 fully saturated rings. The molecule has 1 saturated carbocycles. The van der Waals surface area contributed by atoms with Crippen LogP contribution in [0.2, 0.25) is 0 Å². The van der Waals surface area contributed by atoms with Gasteiger partial charge in [0.15, 0.2) is 0 Å². The van der Waals surface area contributed by atoms with E-state index in [-0.39, 0.29) is 30.7 Å². The predicted octanol–water partition coefficient (Wildman–Crippen LogP) is 2.49. The number of hydroxylamine groups is 1. The zero-order valence-electron chi connectivity index (χ0n) is 19.1. The molecule has 0 atom stereocenters. The Morgan fingerprint density at radius 3 is 2.50 bits per heavy atom. The Balaban J connectivity index is 1.57. The van der Waals surface area contributed by atoms with E-state index in [0.29, 0.717) is 43.2 Å². The maximum atomic E-state index is 12.7. The highest BCUT2D eigenvalue weighted by molar-refractivity contribution is 6.25. The third-order valence-electron chi connectivity index (χ3n) is 6.86. The number of carbonyl (C=O) groups excluding carboxylic acids is 3. The summed E-state index contributed by atoms with van der Waals surface area (Å²) in [6, 6.07) is 7.17. The van der Waals surface area contributed by atoms with Gasteiger partial charge in [-0.3, -0.25) is 19.3 Å². The minimum atomic E-state index is -0.748. The predicted molar refractivity (Wildman–Crippen MR) is 120 cm³/mol. The first-order chi connectivity index (χ1) is 15.3. The lowest BCUT2D eigenvalue weighted by molar-refractivity contribution is -0.570. The Kier molecular flexibility index (Phi) is 7.53. The maximum Gasteiger partial charge on any atom is 0.316 e. The topological polar surface area (TPSA) is 102 Å². The Morgan fingerprint density at radius 1 is 1.25 bits per heavy atom. The van der Waals surface area contributed by atoms with E-state index in [2.05, 4.69) is 23.9 Å². The fraction of sp³-hybridized carbons (Fsp3) is 0.583. The number of nitrogens with zero attached hydrogens (tertiary/aromatic N) is 2. The van der Waals surface area contributed by atoms with E-state index in [1.807, 2.05) is 12.1 Å². The smallest absolute Gasteiger partial charge is 0.316 e. The van der Waals surface area contributed by atoms with Gasteiger partial charge in [0.25, 0.3) is 11.6 Å². The molecule has 2 aliphatic rings. The quantitative estimate of drug-likeness (QED) is 0.378. The molecule has 0 radical (unpaired) electrons. The highest BCUT2D eigenvalue weighted by Gasteiger charge is 2.54. The number of carbonyl (C=O) groups is 3. The third kappa shape index (κ3) is 5.11. The Labute approximate surface area is 189 Å². The summed E-state index contributed by atoms with van der Waals surface area (Å²) in [6.07, 6.45) is 5.22. The van der Waals surface area contributed by atoms with Crippen molar-refractivity contribution in [2.75, 3.05) is 20.2 Å². The van der Waals surface area contributed by atoms with Crippen LogP contribution in [0.5, 0.6) is 0 Å². The van der Waals surface area contributed by atoms with E-state index in [4.69, 9.17) is 0 Å². The zero-order chi connectivity index (χ0) is 23.3. The molecule has 0 aromatic heterocycles. The summed E-state index contributed by atoms with van der Waals surface area (Å²) in [5, 5.41) is 15.3. The number of esters is 1. The van der Waals surface area contributed by atoms with E-state index in [1.165, 1.54) is 13.3 Å². The van der Waals surface area contributed by atoms with Gasteiger partial charge < -0.3 is 15.3 Å². The molecule has 1 aliphatic carbocycles. The van der Waals surface area contributed by atoms with Crippen molar-refractivity contribution in [3.05, 3.63) is 40.6 Å². The van der Waals surface area contributed by atoms with Gasteiger partial charge in [0.1, 0.15) is 0 Å². The first kappa shape index (κ1) is 23.8. The van der Waals surface area contributed by atoms with Crippen molar-refractivity contribution in [3.8, 4) is 0 Å². The number of hydrogen-bond donors (Lipinski definition) is 1. The van der Waals surface area contributed by atoms with Crippen LogP contribution >= 0.6 is 0 Å². The molecule has 1 aromatic carbocycles. The molecule has 1 heterocycles. The van der Waals surface area contributed by atoms with E-state index < -0.39 is 5.66 Å². The SMILES string of the molecule is COC(=O)CCNC(=O)c1ccc(CCN2C(=O)C=[N+]([O-])C23CCC(C(C)C)CC3)cc1.